The van der Waals surface area contributed by atoms with E-state index in [4.69, 9.17) is 5.73 Å². The zero-order valence-electron chi connectivity index (χ0n) is 4.94. The second-order valence-electron chi connectivity index (χ2n) is 1.86. The van der Waals surface area contributed by atoms with Crippen LogP contribution in [0.15, 0.2) is 0 Å². The van der Waals surface area contributed by atoms with E-state index in [0.717, 1.165) is 0 Å². The number of ether oxygens (including phenoxy) is 1. The zero-order valence-corrected chi connectivity index (χ0v) is 5.76. The summed E-state index contributed by atoms with van der Waals surface area (Å²) in [5.74, 6) is 0.302. The van der Waals surface area contributed by atoms with Crippen LogP contribution in [-0.2, 0) is 4.74 Å². The second kappa shape index (κ2) is 2.28. The van der Waals surface area contributed by atoms with Gasteiger partial charge in [-0.2, -0.15) is 13.2 Å². The molecule has 10 heavy (non-hydrogen) atoms. The van der Waals surface area contributed by atoms with E-state index in [2.05, 4.69) is 4.74 Å². The predicted molar refractivity (Wildman–Crippen MR) is 31.4 cm³/mol. The Morgan fingerprint density at radius 1 is 1.50 bits per heavy atom. The Hall–Kier alpha value is 0.0600. The highest BCUT2D eigenvalue weighted by Crippen LogP contribution is 2.41. The van der Waals surface area contributed by atoms with Crippen molar-refractivity contribution in [2.45, 2.75) is 11.2 Å². The molecule has 1 heterocycles. The van der Waals surface area contributed by atoms with Gasteiger partial charge in [0.1, 0.15) is 0 Å². The van der Waals surface area contributed by atoms with Gasteiger partial charge in [0.25, 0.3) is 5.06 Å². The first-order valence-corrected chi connectivity index (χ1v) is 3.58. The van der Waals surface area contributed by atoms with Gasteiger partial charge < -0.3 is 4.74 Å². The van der Waals surface area contributed by atoms with Gasteiger partial charge in [-0.3, -0.25) is 5.73 Å². The quantitative estimate of drug-likeness (QED) is 0.591. The molecule has 0 spiro atoms. The van der Waals surface area contributed by atoms with Crippen LogP contribution >= 0.6 is 11.8 Å². The van der Waals surface area contributed by atoms with Crippen LogP contribution in [0.4, 0.5) is 13.2 Å². The molecular weight excluding hydrogens is 167 g/mol. The molecule has 2 nitrogen and oxygen atoms in total. The molecule has 0 aliphatic carbocycles. The summed E-state index contributed by atoms with van der Waals surface area (Å²) in [6, 6.07) is 0. The van der Waals surface area contributed by atoms with E-state index in [1.54, 1.807) is 0 Å². The van der Waals surface area contributed by atoms with Crippen LogP contribution in [0.3, 0.4) is 0 Å². The van der Waals surface area contributed by atoms with Crippen LogP contribution in [0.5, 0.6) is 0 Å². The number of thioether (sulfide) groups is 1. The molecule has 0 aromatic rings. The lowest BCUT2D eigenvalue weighted by molar-refractivity contribution is -0.229. The SMILES string of the molecule is N[C@@]1(C(F)(F)F)OCCS1. The van der Waals surface area contributed by atoms with Gasteiger partial charge in [-0.1, -0.05) is 11.8 Å². The fourth-order valence-corrected chi connectivity index (χ4v) is 1.39. The Morgan fingerprint density at radius 2 is 2.10 bits per heavy atom. The number of nitrogens with two attached hydrogens (primary N) is 1. The molecule has 6 heteroatoms. The number of hydrogen-bond donors (Lipinski definition) is 1. The van der Waals surface area contributed by atoms with Crippen molar-refractivity contribution < 1.29 is 17.9 Å². The van der Waals surface area contributed by atoms with Crippen molar-refractivity contribution in [1.29, 1.82) is 0 Å². The number of hydrogen-bond acceptors (Lipinski definition) is 3. The Morgan fingerprint density at radius 3 is 2.30 bits per heavy atom. The minimum absolute atomic E-state index is 0.0701. The highest BCUT2D eigenvalue weighted by molar-refractivity contribution is 8.00. The predicted octanol–water partition coefficient (Wildman–Crippen LogP) is 0.925. The van der Waals surface area contributed by atoms with Crippen LogP contribution in [0.1, 0.15) is 0 Å². The maximum absolute atomic E-state index is 11.9. The summed E-state index contributed by atoms with van der Waals surface area (Å²) in [5.41, 5.74) is 4.85. The van der Waals surface area contributed by atoms with Gasteiger partial charge in [0.2, 0.25) is 0 Å². The highest BCUT2D eigenvalue weighted by atomic mass is 32.2. The fraction of sp³-hybridized carbons (Fsp3) is 1.00. The summed E-state index contributed by atoms with van der Waals surface area (Å²) in [6.07, 6.45) is -4.46. The van der Waals surface area contributed by atoms with Crippen LogP contribution in [0.2, 0.25) is 0 Å². The minimum Gasteiger partial charge on any atom is -0.343 e. The van der Waals surface area contributed by atoms with Crippen molar-refractivity contribution in [2.75, 3.05) is 12.4 Å². The molecule has 0 aromatic carbocycles. The third-order valence-electron chi connectivity index (χ3n) is 1.11. The number of halogens is 3. The van der Waals surface area contributed by atoms with Gasteiger partial charge in [0.15, 0.2) is 0 Å². The van der Waals surface area contributed by atoms with Crippen molar-refractivity contribution in [3.8, 4) is 0 Å². The van der Waals surface area contributed by atoms with Crippen LogP contribution in [-0.4, -0.2) is 23.6 Å². The third-order valence-corrected chi connectivity index (χ3v) is 2.26. The van der Waals surface area contributed by atoms with Gasteiger partial charge in [-0.15, -0.1) is 0 Å². The number of alkyl halides is 3. The summed E-state index contributed by atoms with van der Waals surface area (Å²) < 4.78 is 39.9. The molecule has 0 radical (unpaired) electrons. The largest absolute Gasteiger partial charge is 0.441 e. The molecule has 1 rings (SSSR count). The van der Waals surface area contributed by atoms with Crippen LogP contribution in [0.25, 0.3) is 0 Å². The molecule has 2 N–H and O–H groups in total. The lowest BCUT2D eigenvalue weighted by atomic mass is 10.5. The summed E-state index contributed by atoms with van der Waals surface area (Å²) in [5, 5.41) is -2.45. The van der Waals surface area contributed by atoms with Gasteiger partial charge in [0, 0.05) is 5.75 Å². The van der Waals surface area contributed by atoms with Gasteiger partial charge in [0.05, 0.1) is 6.61 Å². The molecule has 0 saturated carbocycles. The maximum Gasteiger partial charge on any atom is 0.441 e. The smallest absolute Gasteiger partial charge is 0.343 e. The van der Waals surface area contributed by atoms with Crippen LogP contribution < -0.4 is 5.73 Å². The van der Waals surface area contributed by atoms with Crippen molar-refractivity contribution >= 4 is 11.8 Å². The first-order valence-electron chi connectivity index (χ1n) is 2.59. The Labute approximate surface area is 59.9 Å². The van der Waals surface area contributed by atoms with E-state index in [-0.39, 0.29) is 6.61 Å². The van der Waals surface area contributed by atoms with Crippen molar-refractivity contribution in [2.24, 2.45) is 5.73 Å². The van der Waals surface area contributed by atoms with Crippen LogP contribution in [0, 0.1) is 0 Å². The molecule has 0 aromatic heterocycles. The van der Waals surface area contributed by atoms with E-state index < -0.39 is 11.2 Å². The normalized spacial score (nSPS) is 34.8. The average Bonchev–Trinajstić information content (AvgIpc) is 2.13. The zero-order chi connectivity index (χ0) is 7.83. The standard InChI is InChI=1S/C4H6F3NOS/c5-3(6,7)4(8)9-1-2-10-4/h1-2,8H2/t4-/m0/s1. The van der Waals surface area contributed by atoms with E-state index >= 15 is 0 Å². The third kappa shape index (κ3) is 1.23. The Bertz CT molecular complexity index is 131. The minimum atomic E-state index is -4.46. The van der Waals surface area contributed by atoms with E-state index in [1.165, 1.54) is 0 Å². The highest BCUT2D eigenvalue weighted by Gasteiger charge is 2.56. The molecule has 1 aliphatic rings. The van der Waals surface area contributed by atoms with Crippen molar-refractivity contribution in [3.05, 3.63) is 0 Å². The Kier molecular flexibility index (Phi) is 1.86. The average molecular weight is 173 g/mol. The van der Waals surface area contributed by atoms with Gasteiger partial charge in [-0.05, 0) is 0 Å². The summed E-state index contributed by atoms with van der Waals surface area (Å²) in [4.78, 5) is 0. The molecule has 1 saturated heterocycles. The molecule has 0 unspecified atom stereocenters. The van der Waals surface area contributed by atoms with E-state index in [0.29, 0.717) is 17.5 Å². The molecule has 60 valence electrons. The first-order chi connectivity index (χ1) is 4.46. The first kappa shape index (κ1) is 8.16. The second-order valence-corrected chi connectivity index (χ2v) is 3.17. The lowest BCUT2D eigenvalue weighted by Gasteiger charge is -2.24. The Balaban J connectivity index is 2.67. The summed E-state index contributed by atoms with van der Waals surface area (Å²) in [7, 11) is 0. The number of rotatable bonds is 0. The topological polar surface area (TPSA) is 35.2 Å². The molecule has 1 aliphatic heterocycles. The molecule has 0 amide bonds. The molecular formula is C4H6F3NOS. The van der Waals surface area contributed by atoms with Gasteiger partial charge in [-0.25, -0.2) is 0 Å². The lowest BCUT2D eigenvalue weighted by Crippen LogP contribution is -2.50. The van der Waals surface area contributed by atoms with Crippen molar-refractivity contribution in [1.82, 2.24) is 0 Å². The molecule has 0 bridgehead atoms. The fourth-order valence-electron chi connectivity index (χ4n) is 0.592. The van der Waals surface area contributed by atoms with E-state index in [1.807, 2.05) is 0 Å². The van der Waals surface area contributed by atoms with Gasteiger partial charge >= 0.3 is 6.18 Å². The monoisotopic (exact) mass is 173 g/mol. The summed E-state index contributed by atoms with van der Waals surface area (Å²) >= 11 is 0.582. The van der Waals surface area contributed by atoms with E-state index in [9.17, 15) is 13.2 Å². The molecule has 1 fully saturated rings. The summed E-state index contributed by atoms with van der Waals surface area (Å²) in [6.45, 7) is 0.0701. The molecule has 1 atom stereocenters. The maximum atomic E-state index is 11.9. The van der Waals surface area contributed by atoms with Crippen molar-refractivity contribution in [3.63, 3.8) is 0 Å².